The fraction of sp³-hybridized carbons (Fsp3) is 0.682. The van der Waals surface area contributed by atoms with Crippen LogP contribution in [-0.2, 0) is 19.6 Å². The number of methoxy groups -OCH3 is 1. The summed E-state index contributed by atoms with van der Waals surface area (Å²) in [6, 6.07) is 1.91. The maximum atomic E-state index is 13.6. The van der Waals surface area contributed by atoms with Gasteiger partial charge in [0.2, 0.25) is 15.9 Å². The highest BCUT2D eigenvalue weighted by Gasteiger charge is 2.38. The lowest BCUT2D eigenvalue weighted by molar-refractivity contribution is -0.132. The number of carbonyl (C=O) groups excluding carboxylic acids is 1. The van der Waals surface area contributed by atoms with E-state index in [-0.39, 0.29) is 11.9 Å². The fourth-order valence-corrected chi connectivity index (χ4v) is 6.69. The van der Waals surface area contributed by atoms with Gasteiger partial charge < -0.3 is 9.64 Å². The average Bonchev–Trinajstić information content (AvgIpc) is 2.90. The molecule has 0 saturated carbocycles. The van der Waals surface area contributed by atoms with Gasteiger partial charge >= 0.3 is 0 Å². The molecule has 2 heterocycles. The molecule has 30 heavy (non-hydrogen) atoms. The number of amides is 1. The SMILES string of the molecule is COCCN1CC[C@@H](N2CCCN(S(=O)(=O)c3c(C)c(C)cc(C)c3C)CC2)C1=O. The van der Waals surface area contributed by atoms with Gasteiger partial charge in [0.25, 0.3) is 0 Å². The van der Waals surface area contributed by atoms with E-state index in [0.29, 0.717) is 37.7 Å². The van der Waals surface area contributed by atoms with E-state index in [4.69, 9.17) is 4.74 Å². The minimum absolute atomic E-state index is 0.143. The lowest BCUT2D eigenvalue weighted by Crippen LogP contribution is -2.44. The summed E-state index contributed by atoms with van der Waals surface area (Å²) in [5.74, 6) is 0.143. The van der Waals surface area contributed by atoms with Gasteiger partial charge in [-0.3, -0.25) is 9.69 Å². The van der Waals surface area contributed by atoms with Crippen molar-refractivity contribution >= 4 is 15.9 Å². The zero-order valence-electron chi connectivity index (χ0n) is 18.9. The third-order valence-electron chi connectivity index (χ3n) is 6.66. The Bertz CT molecular complexity index is 874. The van der Waals surface area contributed by atoms with Gasteiger partial charge in [-0.1, -0.05) is 6.07 Å². The first kappa shape index (κ1) is 23.2. The number of hydrogen-bond donors (Lipinski definition) is 0. The number of ether oxygens (including phenoxy) is 1. The Morgan fingerprint density at radius 2 is 1.67 bits per heavy atom. The van der Waals surface area contributed by atoms with Gasteiger partial charge in [-0.05, 0) is 62.8 Å². The van der Waals surface area contributed by atoms with Crippen LogP contribution in [0.15, 0.2) is 11.0 Å². The second kappa shape index (κ2) is 9.34. The molecule has 8 heteroatoms. The summed E-state index contributed by atoms with van der Waals surface area (Å²) < 4.78 is 33.8. The van der Waals surface area contributed by atoms with Crippen LogP contribution in [0.1, 0.15) is 35.1 Å². The second-order valence-corrected chi connectivity index (χ2v) is 10.4. The van der Waals surface area contributed by atoms with E-state index in [9.17, 15) is 13.2 Å². The van der Waals surface area contributed by atoms with Gasteiger partial charge in [-0.2, -0.15) is 4.31 Å². The summed E-state index contributed by atoms with van der Waals surface area (Å²) >= 11 is 0. The van der Waals surface area contributed by atoms with Gasteiger partial charge in [-0.15, -0.1) is 0 Å². The van der Waals surface area contributed by atoms with E-state index in [0.717, 1.165) is 48.2 Å². The molecule has 2 fully saturated rings. The lowest BCUT2D eigenvalue weighted by Gasteiger charge is -2.27. The van der Waals surface area contributed by atoms with Crippen LogP contribution < -0.4 is 0 Å². The number of benzene rings is 1. The highest BCUT2D eigenvalue weighted by atomic mass is 32.2. The zero-order valence-corrected chi connectivity index (χ0v) is 19.7. The number of rotatable bonds is 6. The second-order valence-electron chi connectivity index (χ2n) is 8.51. The molecule has 0 aliphatic carbocycles. The third-order valence-corrected chi connectivity index (χ3v) is 8.83. The van der Waals surface area contributed by atoms with E-state index in [1.54, 1.807) is 11.4 Å². The first-order valence-electron chi connectivity index (χ1n) is 10.8. The Hall–Kier alpha value is -1.48. The zero-order chi connectivity index (χ0) is 22.1. The first-order chi connectivity index (χ1) is 14.2. The van der Waals surface area contributed by atoms with E-state index < -0.39 is 10.0 Å². The van der Waals surface area contributed by atoms with E-state index in [1.165, 1.54) is 0 Å². The van der Waals surface area contributed by atoms with Crippen LogP contribution in [0.2, 0.25) is 0 Å². The van der Waals surface area contributed by atoms with Crippen molar-refractivity contribution in [2.75, 3.05) is 53.0 Å². The molecule has 3 rings (SSSR count). The molecule has 2 aliphatic rings. The van der Waals surface area contributed by atoms with Crippen LogP contribution in [0, 0.1) is 27.7 Å². The Labute approximate surface area is 181 Å². The molecule has 2 saturated heterocycles. The Morgan fingerprint density at radius 3 is 2.30 bits per heavy atom. The summed E-state index contributed by atoms with van der Waals surface area (Å²) in [5.41, 5.74) is 3.67. The van der Waals surface area contributed by atoms with Crippen molar-refractivity contribution in [3.8, 4) is 0 Å². The van der Waals surface area contributed by atoms with Gasteiger partial charge in [0, 0.05) is 46.4 Å². The van der Waals surface area contributed by atoms with Crippen molar-refractivity contribution in [3.05, 3.63) is 28.3 Å². The molecule has 0 aromatic heterocycles. The summed E-state index contributed by atoms with van der Waals surface area (Å²) in [6.07, 6.45) is 1.52. The Balaban J connectivity index is 1.75. The standard InChI is InChI=1S/C22H35N3O4S/c1-16-15-17(2)19(4)21(18(16)3)30(27,28)25-9-6-8-23(11-12-25)20-7-10-24(22(20)26)13-14-29-5/h15,20H,6-14H2,1-5H3/t20-/m1/s1. The predicted octanol–water partition coefficient (Wildman–Crippen LogP) is 1.86. The van der Waals surface area contributed by atoms with E-state index in [1.807, 2.05) is 32.6 Å². The van der Waals surface area contributed by atoms with Crippen LogP contribution >= 0.6 is 0 Å². The smallest absolute Gasteiger partial charge is 0.243 e. The molecule has 0 N–H and O–H groups in total. The molecule has 1 aromatic rings. The summed E-state index contributed by atoms with van der Waals surface area (Å²) in [7, 11) is -1.94. The molecule has 168 valence electrons. The molecule has 1 amide bonds. The largest absolute Gasteiger partial charge is 0.383 e. The Morgan fingerprint density at radius 1 is 1.00 bits per heavy atom. The molecular weight excluding hydrogens is 402 g/mol. The number of aryl methyl sites for hydroxylation is 2. The monoisotopic (exact) mass is 437 g/mol. The van der Waals surface area contributed by atoms with Gasteiger partial charge in [0.15, 0.2) is 0 Å². The van der Waals surface area contributed by atoms with Crippen molar-refractivity contribution in [1.82, 2.24) is 14.1 Å². The van der Waals surface area contributed by atoms with Crippen LogP contribution in [0.5, 0.6) is 0 Å². The molecule has 1 atom stereocenters. The molecule has 7 nitrogen and oxygen atoms in total. The van der Waals surface area contributed by atoms with Crippen LogP contribution in [0.25, 0.3) is 0 Å². The van der Waals surface area contributed by atoms with Gasteiger partial charge in [0.1, 0.15) is 0 Å². The maximum absolute atomic E-state index is 13.6. The van der Waals surface area contributed by atoms with Crippen LogP contribution in [0.3, 0.4) is 0 Å². The van der Waals surface area contributed by atoms with Crippen molar-refractivity contribution < 1.29 is 17.9 Å². The number of sulfonamides is 1. The lowest BCUT2D eigenvalue weighted by atomic mass is 10.0. The molecule has 2 aliphatic heterocycles. The number of carbonyl (C=O) groups is 1. The van der Waals surface area contributed by atoms with Crippen molar-refractivity contribution in [2.45, 2.75) is 51.5 Å². The number of hydrogen-bond acceptors (Lipinski definition) is 5. The van der Waals surface area contributed by atoms with Crippen LogP contribution in [0.4, 0.5) is 0 Å². The van der Waals surface area contributed by atoms with Crippen LogP contribution in [-0.4, -0.2) is 87.5 Å². The van der Waals surface area contributed by atoms with E-state index in [2.05, 4.69) is 11.0 Å². The highest BCUT2D eigenvalue weighted by molar-refractivity contribution is 7.89. The van der Waals surface area contributed by atoms with Gasteiger partial charge in [0.05, 0.1) is 17.5 Å². The number of nitrogens with zero attached hydrogens (tertiary/aromatic N) is 3. The molecule has 1 aromatic carbocycles. The van der Waals surface area contributed by atoms with Crippen molar-refractivity contribution in [3.63, 3.8) is 0 Å². The summed E-state index contributed by atoms with van der Waals surface area (Å²) in [4.78, 5) is 17.3. The molecule has 0 bridgehead atoms. The molecule has 0 radical (unpaired) electrons. The van der Waals surface area contributed by atoms with Crippen molar-refractivity contribution in [2.24, 2.45) is 0 Å². The fourth-order valence-electron chi connectivity index (χ4n) is 4.65. The quantitative estimate of drug-likeness (QED) is 0.680. The molecular formula is C22H35N3O4S. The Kier molecular flexibility index (Phi) is 7.22. The third kappa shape index (κ3) is 4.42. The topological polar surface area (TPSA) is 70.2 Å². The minimum atomic E-state index is -3.58. The number of likely N-dealkylation sites (tertiary alicyclic amines) is 1. The van der Waals surface area contributed by atoms with Gasteiger partial charge in [-0.25, -0.2) is 8.42 Å². The predicted molar refractivity (Wildman–Crippen MR) is 117 cm³/mol. The first-order valence-corrected chi connectivity index (χ1v) is 12.2. The molecule has 0 unspecified atom stereocenters. The normalized spacial score (nSPS) is 22.0. The van der Waals surface area contributed by atoms with Crippen molar-refractivity contribution in [1.29, 1.82) is 0 Å². The van der Waals surface area contributed by atoms with E-state index >= 15 is 0 Å². The average molecular weight is 438 g/mol. The summed E-state index contributed by atoms with van der Waals surface area (Å²) in [5, 5.41) is 0. The molecule has 0 spiro atoms. The summed E-state index contributed by atoms with van der Waals surface area (Å²) in [6.45, 7) is 11.8. The minimum Gasteiger partial charge on any atom is -0.383 e. The highest BCUT2D eigenvalue weighted by Crippen LogP contribution is 2.29. The maximum Gasteiger partial charge on any atom is 0.243 e.